The summed E-state index contributed by atoms with van der Waals surface area (Å²) in [6.45, 7) is 0.948. The predicted molar refractivity (Wildman–Crippen MR) is 93.7 cm³/mol. The van der Waals surface area contributed by atoms with Crippen molar-refractivity contribution < 1.29 is 9.59 Å². The molecule has 5 nitrogen and oxygen atoms in total. The first-order chi connectivity index (χ1) is 12.2. The van der Waals surface area contributed by atoms with Crippen LogP contribution in [0.25, 0.3) is 0 Å². The average molecular weight is 333 g/mol. The summed E-state index contributed by atoms with van der Waals surface area (Å²) in [7, 11) is 0. The fraction of sp³-hybridized carbons (Fsp3) is 0.250. The number of benzene rings is 2. The van der Waals surface area contributed by atoms with Crippen molar-refractivity contribution in [3.05, 3.63) is 71.3 Å². The standard InChI is InChI=1S/C20H19N3O2/c21-13-16-9-6-12-23(16)20(25)18-11-5-4-10-17(18)19(24)22-14-15-7-2-1-3-8-15/h1-5,7-8,10-11,16H,6,9,12,14H2,(H,22,24)/t16-/m0/s1. The van der Waals surface area contributed by atoms with Gasteiger partial charge in [0.25, 0.3) is 11.8 Å². The Bertz CT molecular complexity index is 811. The van der Waals surface area contributed by atoms with Crippen LogP contribution in [0.4, 0.5) is 0 Å². The maximum atomic E-state index is 12.8. The third-order valence-electron chi connectivity index (χ3n) is 4.36. The quantitative estimate of drug-likeness (QED) is 0.935. The van der Waals surface area contributed by atoms with Crippen LogP contribution in [0, 0.1) is 11.3 Å². The van der Waals surface area contributed by atoms with Gasteiger partial charge in [0.15, 0.2) is 0 Å². The monoisotopic (exact) mass is 333 g/mol. The van der Waals surface area contributed by atoms with Gasteiger partial charge < -0.3 is 10.2 Å². The highest BCUT2D eigenvalue weighted by atomic mass is 16.2. The van der Waals surface area contributed by atoms with Gasteiger partial charge in [-0.25, -0.2) is 0 Å². The molecule has 2 aromatic carbocycles. The maximum Gasteiger partial charge on any atom is 0.255 e. The zero-order valence-corrected chi connectivity index (χ0v) is 13.8. The number of carbonyl (C=O) groups is 2. The summed E-state index contributed by atoms with van der Waals surface area (Å²) in [5.41, 5.74) is 1.67. The second kappa shape index (κ2) is 7.63. The number of nitrogens with zero attached hydrogens (tertiary/aromatic N) is 2. The fourth-order valence-corrected chi connectivity index (χ4v) is 3.04. The Hall–Kier alpha value is -3.13. The van der Waals surface area contributed by atoms with E-state index in [1.54, 1.807) is 29.2 Å². The van der Waals surface area contributed by atoms with E-state index in [1.807, 2.05) is 30.3 Å². The van der Waals surface area contributed by atoms with Crippen molar-refractivity contribution in [1.29, 1.82) is 5.26 Å². The Morgan fingerprint density at radius 1 is 1.08 bits per heavy atom. The zero-order valence-electron chi connectivity index (χ0n) is 13.8. The summed E-state index contributed by atoms with van der Waals surface area (Å²) in [6.07, 6.45) is 1.50. The SMILES string of the molecule is N#C[C@@H]1CCCN1C(=O)c1ccccc1C(=O)NCc1ccccc1. The van der Waals surface area contributed by atoms with Crippen LogP contribution in [0.1, 0.15) is 39.1 Å². The van der Waals surface area contributed by atoms with E-state index in [0.717, 1.165) is 12.0 Å². The highest BCUT2D eigenvalue weighted by molar-refractivity contribution is 6.07. The first-order valence-electron chi connectivity index (χ1n) is 8.32. The van der Waals surface area contributed by atoms with Crippen molar-refractivity contribution in [2.24, 2.45) is 0 Å². The molecule has 0 aromatic heterocycles. The number of nitriles is 1. The molecule has 0 saturated carbocycles. The van der Waals surface area contributed by atoms with E-state index < -0.39 is 6.04 Å². The molecule has 0 spiro atoms. The van der Waals surface area contributed by atoms with Gasteiger partial charge in [0, 0.05) is 13.1 Å². The molecule has 2 aromatic rings. The summed E-state index contributed by atoms with van der Waals surface area (Å²) in [4.78, 5) is 26.9. The van der Waals surface area contributed by atoms with E-state index in [2.05, 4.69) is 11.4 Å². The van der Waals surface area contributed by atoms with Crippen molar-refractivity contribution in [3.63, 3.8) is 0 Å². The lowest BCUT2D eigenvalue weighted by Crippen LogP contribution is -2.36. The largest absolute Gasteiger partial charge is 0.348 e. The molecule has 2 amide bonds. The van der Waals surface area contributed by atoms with Gasteiger partial charge in [-0.05, 0) is 30.5 Å². The van der Waals surface area contributed by atoms with E-state index in [9.17, 15) is 14.9 Å². The van der Waals surface area contributed by atoms with E-state index in [0.29, 0.717) is 30.6 Å². The second-order valence-corrected chi connectivity index (χ2v) is 6.00. The number of carbonyl (C=O) groups excluding carboxylic acids is 2. The molecule has 1 saturated heterocycles. The van der Waals surface area contributed by atoms with Crippen LogP contribution in [-0.2, 0) is 6.54 Å². The first kappa shape index (κ1) is 16.7. The number of rotatable bonds is 4. The van der Waals surface area contributed by atoms with E-state index >= 15 is 0 Å². The van der Waals surface area contributed by atoms with E-state index in [1.165, 1.54) is 0 Å². The van der Waals surface area contributed by atoms with Crippen molar-refractivity contribution in [2.45, 2.75) is 25.4 Å². The number of likely N-dealkylation sites (tertiary alicyclic amines) is 1. The highest BCUT2D eigenvalue weighted by Gasteiger charge is 2.31. The molecule has 0 bridgehead atoms. The zero-order chi connectivity index (χ0) is 17.6. The van der Waals surface area contributed by atoms with Crippen LogP contribution in [0.3, 0.4) is 0 Å². The van der Waals surface area contributed by atoms with Crippen LogP contribution in [-0.4, -0.2) is 29.3 Å². The van der Waals surface area contributed by atoms with E-state index in [4.69, 9.17) is 0 Å². The lowest BCUT2D eigenvalue weighted by molar-refractivity contribution is 0.0758. The molecule has 1 heterocycles. The number of amides is 2. The Kier molecular flexibility index (Phi) is 5.10. The third-order valence-corrected chi connectivity index (χ3v) is 4.36. The molecule has 1 aliphatic heterocycles. The van der Waals surface area contributed by atoms with Gasteiger partial charge in [0.2, 0.25) is 0 Å². The Balaban J connectivity index is 1.77. The van der Waals surface area contributed by atoms with Crippen LogP contribution in [0.5, 0.6) is 0 Å². The van der Waals surface area contributed by atoms with Gasteiger partial charge in [-0.3, -0.25) is 9.59 Å². The smallest absolute Gasteiger partial charge is 0.255 e. The minimum absolute atomic E-state index is 0.255. The summed E-state index contributed by atoms with van der Waals surface area (Å²) >= 11 is 0. The molecule has 1 atom stereocenters. The van der Waals surface area contributed by atoms with Crippen molar-refractivity contribution in [2.75, 3.05) is 6.54 Å². The summed E-state index contributed by atoms with van der Waals surface area (Å²) in [5.74, 6) is -0.546. The molecule has 1 aliphatic rings. The Morgan fingerprint density at radius 2 is 1.76 bits per heavy atom. The summed E-state index contributed by atoms with van der Waals surface area (Å²) in [6, 6.07) is 18.1. The molecule has 126 valence electrons. The topological polar surface area (TPSA) is 73.2 Å². The lowest BCUT2D eigenvalue weighted by Gasteiger charge is -2.21. The predicted octanol–water partition coefficient (Wildman–Crippen LogP) is 2.74. The number of hydrogen-bond acceptors (Lipinski definition) is 3. The normalized spacial score (nSPS) is 16.3. The van der Waals surface area contributed by atoms with Crippen LogP contribution < -0.4 is 5.32 Å². The molecule has 0 aliphatic carbocycles. The highest BCUT2D eigenvalue weighted by Crippen LogP contribution is 2.21. The van der Waals surface area contributed by atoms with E-state index in [-0.39, 0.29) is 11.8 Å². The van der Waals surface area contributed by atoms with Gasteiger partial charge in [-0.15, -0.1) is 0 Å². The minimum Gasteiger partial charge on any atom is -0.348 e. The average Bonchev–Trinajstić information content (AvgIpc) is 3.15. The molecule has 25 heavy (non-hydrogen) atoms. The third kappa shape index (κ3) is 3.69. The number of nitrogens with one attached hydrogen (secondary N) is 1. The molecule has 0 radical (unpaired) electrons. The molecule has 1 N–H and O–H groups in total. The van der Waals surface area contributed by atoms with Gasteiger partial charge in [0.1, 0.15) is 6.04 Å². The Labute approximate surface area is 146 Å². The van der Waals surface area contributed by atoms with Crippen LogP contribution in [0.2, 0.25) is 0 Å². The fourth-order valence-electron chi connectivity index (χ4n) is 3.04. The molecule has 1 fully saturated rings. The minimum atomic E-state index is -0.409. The van der Waals surface area contributed by atoms with Gasteiger partial charge >= 0.3 is 0 Å². The first-order valence-corrected chi connectivity index (χ1v) is 8.32. The van der Waals surface area contributed by atoms with Crippen molar-refractivity contribution in [3.8, 4) is 6.07 Å². The summed E-state index contributed by atoms with van der Waals surface area (Å²) in [5, 5.41) is 12.0. The molecule has 3 rings (SSSR count). The van der Waals surface area contributed by atoms with Gasteiger partial charge in [-0.2, -0.15) is 5.26 Å². The number of hydrogen-bond donors (Lipinski definition) is 1. The molecule has 0 unspecified atom stereocenters. The second-order valence-electron chi connectivity index (χ2n) is 6.00. The van der Waals surface area contributed by atoms with Gasteiger partial charge in [0.05, 0.1) is 17.2 Å². The Morgan fingerprint density at radius 3 is 2.48 bits per heavy atom. The van der Waals surface area contributed by atoms with Crippen LogP contribution >= 0.6 is 0 Å². The molecular weight excluding hydrogens is 314 g/mol. The molecular formula is C20H19N3O2. The lowest BCUT2D eigenvalue weighted by atomic mass is 10.0. The molecule has 5 heteroatoms. The summed E-state index contributed by atoms with van der Waals surface area (Å²) < 4.78 is 0. The van der Waals surface area contributed by atoms with Gasteiger partial charge in [-0.1, -0.05) is 42.5 Å². The van der Waals surface area contributed by atoms with Crippen molar-refractivity contribution in [1.82, 2.24) is 10.2 Å². The maximum absolute atomic E-state index is 12.8. The van der Waals surface area contributed by atoms with Crippen LogP contribution in [0.15, 0.2) is 54.6 Å². The van der Waals surface area contributed by atoms with Crippen molar-refractivity contribution >= 4 is 11.8 Å².